The number of rotatable bonds is 4. The fourth-order valence-electron chi connectivity index (χ4n) is 1.32. The van der Waals surface area contributed by atoms with E-state index in [2.05, 4.69) is 30.9 Å². The molecule has 0 unspecified atom stereocenters. The Bertz CT molecular complexity index is 607. The number of benzene rings is 1. The van der Waals surface area contributed by atoms with Gasteiger partial charge in [-0.1, -0.05) is 15.9 Å². The van der Waals surface area contributed by atoms with Crippen LogP contribution in [0.5, 0.6) is 17.8 Å². The van der Waals surface area contributed by atoms with Crippen LogP contribution in [0.25, 0.3) is 0 Å². The predicted octanol–water partition coefficient (Wildman–Crippen LogP) is 4.01. The number of hydrogen-bond acceptors (Lipinski definition) is 5. The molecule has 0 atom stereocenters. The van der Waals surface area contributed by atoms with Gasteiger partial charge in [0.2, 0.25) is 5.28 Å². The predicted molar refractivity (Wildman–Crippen MR) is 74.8 cm³/mol. The molecule has 5 nitrogen and oxygen atoms in total. The largest absolute Gasteiger partial charge is 0.461 e. The van der Waals surface area contributed by atoms with E-state index >= 15 is 0 Å². The molecule has 0 bridgehead atoms. The van der Waals surface area contributed by atoms with Crippen molar-refractivity contribution in [2.24, 2.45) is 0 Å². The van der Waals surface area contributed by atoms with Crippen LogP contribution >= 0.6 is 27.5 Å². The lowest BCUT2D eigenvalue weighted by molar-refractivity contribution is 0.218. The van der Waals surface area contributed by atoms with Crippen LogP contribution in [-0.2, 0) is 0 Å². The molecule has 2 aromatic rings. The quantitative estimate of drug-likeness (QED) is 0.822. The third kappa shape index (κ3) is 4.28. The third-order valence-corrected chi connectivity index (χ3v) is 2.58. The molecule has 1 aromatic heterocycles. The molecule has 0 amide bonds. The smallest absolute Gasteiger partial charge is 0.329 e. The summed E-state index contributed by atoms with van der Waals surface area (Å²) in [6.07, 6.45) is -0.121. The summed E-state index contributed by atoms with van der Waals surface area (Å²) >= 11 is 8.92. The minimum atomic E-state index is -0.451. The summed E-state index contributed by atoms with van der Waals surface area (Å²) in [5.74, 6) is -0.220. The van der Waals surface area contributed by atoms with Crippen molar-refractivity contribution in [2.75, 3.05) is 0 Å². The number of aromatic nitrogens is 3. The van der Waals surface area contributed by atoms with E-state index in [1.807, 2.05) is 13.8 Å². The van der Waals surface area contributed by atoms with Crippen LogP contribution in [0.2, 0.25) is 5.28 Å². The van der Waals surface area contributed by atoms with Gasteiger partial charge in [-0.15, -0.1) is 4.98 Å². The first kappa shape index (κ1) is 14.9. The van der Waals surface area contributed by atoms with Crippen LogP contribution in [-0.4, -0.2) is 21.1 Å². The van der Waals surface area contributed by atoms with Gasteiger partial charge >= 0.3 is 12.0 Å². The number of ether oxygens (including phenoxy) is 2. The van der Waals surface area contributed by atoms with Crippen molar-refractivity contribution in [2.45, 2.75) is 20.0 Å². The van der Waals surface area contributed by atoms with E-state index in [1.54, 1.807) is 6.07 Å². The summed E-state index contributed by atoms with van der Waals surface area (Å²) in [7, 11) is 0. The van der Waals surface area contributed by atoms with Crippen LogP contribution in [0.15, 0.2) is 22.7 Å². The Morgan fingerprint density at radius 1 is 1.15 bits per heavy atom. The normalized spacial score (nSPS) is 10.7. The van der Waals surface area contributed by atoms with E-state index in [9.17, 15) is 4.39 Å². The second-order valence-corrected chi connectivity index (χ2v) is 5.30. The second-order valence-electron chi connectivity index (χ2n) is 4.04. The maximum Gasteiger partial charge on any atom is 0.329 e. The van der Waals surface area contributed by atoms with Gasteiger partial charge < -0.3 is 9.47 Å². The second kappa shape index (κ2) is 6.32. The van der Waals surface area contributed by atoms with E-state index in [0.29, 0.717) is 4.47 Å². The van der Waals surface area contributed by atoms with E-state index in [1.165, 1.54) is 12.1 Å². The van der Waals surface area contributed by atoms with E-state index < -0.39 is 5.82 Å². The molecule has 20 heavy (non-hydrogen) atoms. The fraction of sp³-hybridized carbons (Fsp3) is 0.250. The van der Waals surface area contributed by atoms with Gasteiger partial charge in [0.05, 0.1) is 6.10 Å². The van der Waals surface area contributed by atoms with Gasteiger partial charge in [0, 0.05) is 10.5 Å². The highest BCUT2D eigenvalue weighted by Crippen LogP contribution is 2.25. The van der Waals surface area contributed by atoms with Crippen molar-refractivity contribution in [1.29, 1.82) is 0 Å². The molecular weight excluding hydrogens is 353 g/mol. The first-order chi connectivity index (χ1) is 9.42. The van der Waals surface area contributed by atoms with Gasteiger partial charge in [0.1, 0.15) is 11.6 Å². The molecule has 0 aliphatic carbocycles. The number of hydrogen-bond donors (Lipinski definition) is 0. The lowest BCUT2D eigenvalue weighted by atomic mass is 10.3. The first-order valence-corrected chi connectivity index (χ1v) is 6.81. The monoisotopic (exact) mass is 361 g/mol. The Kier molecular flexibility index (Phi) is 4.72. The highest BCUT2D eigenvalue weighted by Gasteiger charge is 2.10. The molecule has 0 fully saturated rings. The van der Waals surface area contributed by atoms with Crippen LogP contribution in [0.3, 0.4) is 0 Å². The highest BCUT2D eigenvalue weighted by atomic mass is 79.9. The zero-order chi connectivity index (χ0) is 14.7. The Morgan fingerprint density at radius 3 is 2.50 bits per heavy atom. The van der Waals surface area contributed by atoms with Crippen molar-refractivity contribution in [3.05, 3.63) is 33.8 Å². The maximum absolute atomic E-state index is 13.2. The molecule has 0 saturated carbocycles. The minimum Gasteiger partial charge on any atom is -0.461 e. The van der Waals surface area contributed by atoms with Crippen LogP contribution in [0.4, 0.5) is 4.39 Å². The Balaban J connectivity index is 2.26. The zero-order valence-corrected chi connectivity index (χ0v) is 12.9. The maximum atomic E-state index is 13.2. The van der Waals surface area contributed by atoms with Crippen LogP contribution in [0, 0.1) is 5.82 Å². The van der Waals surface area contributed by atoms with E-state index in [4.69, 9.17) is 21.1 Å². The molecular formula is C12H10BrClFN3O2. The molecule has 0 aliphatic heterocycles. The lowest BCUT2D eigenvalue weighted by Crippen LogP contribution is -2.09. The number of nitrogens with zero attached hydrogens (tertiary/aromatic N) is 3. The van der Waals surface area contributed by atoms with Crippen LogP contribution < -0.4 is 9.47 Å². The lowest BCUT2D eigenvalue weighted by Gasteiger charge is -2.09. The summed E-state index contributed by atoms with van der Waals surface area (Å²) in [4.78, 5) is 11.5. The summed E-state index contributed by atoms with van der Waals surface area (Å²) in [6, 6.07) is 4.05. The number of halogens is 3. The highest BCUT2D eigenvalue weighted by molar-refractivity contribution is 9.10. The van der Waals surface area contributed by atoms with Crippen molar-refractivity contribution >= 4 is 27.5 Å². The van der Waals surface area contributed by atoms with Gasteiger partial charge in [0.25, 0.3) is 0 Å². The SMILES string of the molecule is CC(C)Oc1nc(Cl)nc(Oc2cc(F)cc(Br)c2)n1. The molecule has 0 radical (unpaired) electrons. The van der Waals surface area contributed by atoms with Crippen molar-refractivity contribution in [3.63, 3.8) is 0 Å². The van der Waals surface area contributed by atoms with E-state index in [0.717, 1.165) is 0 Å². The van der Waals surface area contributed by atoms with Crippen molar-refractivity contribution in [3.8, 4) is 17.8 Å². The Labute approximate surface area is 128 Å². The topological polar surface area (TPSA) is 57.1 Å². The van der Waals surface area contributed by atoms with Gasteiger partial charge in [-0.3, -0.25) is 0 Å². The molecule has 1 aromatic carbocycles. The Morgan fingerprint density at radius 2 is 1.85 bits per heavy atom. The minimum absolute atomic E-state index is 0.0467. The summed E-state index contributed by atoms with van der Waals surface area (Å²) < 4.78 is 24.4. The summed E-state index contributed by atoms with van der Waals surface area (Å²) in [6.45, 7) is 3.64. The van der Waals surface area contributed by atoms with Gasteiger partial charge in [0.15, 0.2) is 0 Å². The van der Waals surface area contributed by atoms with Crippen molar-refractivity contribution < 1.29 is 13.9 Å². The molecule has 8 heteroatoms. The summed E-state index contributed by atoms with van der Waals surface area (Å²) in [5.41, 5.74) is 0. The molecule has 106 valence electrons. The fourth-order valence-corrected chi connectivity index (χ4v) is 1.91. The Hall–Kier alpha value is -1.47. The molecule has 0 N–H and O–H groups in total. The molecule has 1 heterocycles. The van der Waals surface area contributed by atoms with Crippen molar-refractivity contribution in [1.82, 2.24) is 15.0 Å². The van der Waals surface area contributed by atoms with Gasteiger partial charge in [-0.25, -0.2) is 4.39 Å². The van der Waals surface area contributed by atoms with Crippen LogP contribution in [0.1, 0.15) is 13.8 Å². The first-order valence-electron chi connectivity index (χ1n) is 5.64. The van der Waals surface area contributed by atoms with Gasteiger partial charge in [-0.2, -0.15) is 9.97 Å². The average molecular weight is 363 g/mol. The van der Waals surface area contributed by atoms with E-state index in [-0.39, 0.29) is 29.2 Å². The molecule has 0 saturated heterocycles. The molecule has 2 rings (SSSR count). The summed E-state index contributed by atoms with van der Waals surface area (Å²) in [5, 5.41) is -0.0684. The molecule has 0 aliphatic rings. The van der Waals surface area contributed by atoms with Gasteiger partial charge in [-0.05, 0) is 37.6 Å². The molecule has 0 spiro atoms. The standard InChI is InChI=1S/C12H10BrClFN3O2/c1-6(2)19-11-16-10(14)17-12(18-11)20-9-4-7(13)3-8(15)5-9/h3-6H,1-2H3. The average Bonchev–Trinajstić information content (AvgIpc) is 2.24. The third-order valence-electron chi connectivity index (χ3n) is 1.95. The zero-order valence-electron chi connectivity index (χ0n) is 10.6.